The van der Waals surface area contributed by atoms with Crippen molar-refractivity contribution in [1.82, 2.24) is 49.8 Å². The van der Waals surface area contributed by atoms with Gasteiger partial charge in [0.15, 0.2) is 0 Å². The Kier molecular flexibility index (Phi) is 23.7. The van der Waals surface area contributed by atoms with E-state index in [-0.39, 0.29) is 0 Å². The van der Waals surface area contributed by atoms with Crippen molar-refractivity contribution in [3.63, 3.8) is 0 Å². The molecule has 0 unspecified atom stereocenters. The number of hydrogen-bond acceptors (Lipinski definition) is 10. The Morgan fingerprint density at radius 3 is 0.969 bits per heavy atom. The zero-order valence-corrected chi connectivity index (χ0v) is 71.6. The van der Waals surface area contributed by atoms with Crippen molar-refractivity contribution in [3.05, 3.63) is 450 Å². The molecule has 0 saturated heterocycles. The summed E-state index contributed by atoms with van der Waals surface area (Å²) in [6.07, 6.45) is 19.6. The number of rotatable bonds is 17. The number of furan rings is 1. The number of para-hydroxylation sites is 4. The number of aromatic amines is 5. The zero-order valence-electron chi connectivity index (χ0n) is 71.6. The Hall–Kier alpha value is -17.7. The fourth-order valence-electron chi connectivity index (χ4n) is 16.6. The number of nitrogens with zero attached hydrogens (tertiary/aromatic N) is 5. The maximum absolute atomic E-state index is 6.24. The lowest BCUT2D eigenvalue weighted by Crippen LogP contribution is -1.97. The summed E-state index contributed by atoms with van der Waals surface area (Å²) in [6, 6.07) is 129. The van der Waals surface area contributed by atoms with Crippen molar-refractivity contribution < 1.29 is 23.4 Å². The molecule has 0 spiro atoms. The third-order valence-corrected chi connectivity index (χ3v) is 23.3. The monoisotopic (exact) mass is 1700 g/mol. The van der Waals surface area contributed by atoms with Gasteiger partial charge in [0.1, 0.15) is 74.8 Å². The van der Waals surface area contributed by atoms with Crippen molar-refractivity contribution in [1.29, 1.82) is 0 Å². The molecule has 0 fully saturated rings. The molecule has 0 amide bonds. The number of methoxy groups -OCH3 is 2. The molecule has 0 aliphatic carbocycles. The molecule has 15 nitrogen and oxygen atoms in total. The van der Waals surface area contributed by atoms with Gasteiger partial charge in [-0.25, -0.2) is 24.9 Å². The van der Waals surface area contributed by atoms with Gasteiger partial charge in [0, 0.05) is 161 Å². The molecule has 630 valence electrons. The average molecular weight is 1700 g/mol. The molecule has 24 aromatic rings. The molecule has 11 aromatic heterocycles. The van der Waals surface area contributed by atoms with Gasteiger partial charge in [-0.2, -0.15) is 0 Å². The van der Waals surface area contributed by atoms with E-state index in [1.54, 1.807) is 14.2 Å². The molecule has 5 N–H and O–H groups in total. The number of H-pyrrole nitrogens is 5. The van der Waals surface area contributed by atoms with E-state index in [1.165, 1.54) is 11.1 Å². The number of fused-ring (bicyclic) bond motifs is 8. The van der Waals surface area contributed by atoms with Gasteiger partial charge >= 0.3 is 0 Å². The van der Waals surface area contributed by atoms with Gasteiger partial charge in [-0.3, -0.25) is 0 Å². The van der Waals surface area contributed by atoms with E-state index >= 15 is 0 Å². The van der Waals surface area contributed by atoms with Crippen molar-refractivity contribution in [2.45, 2.75) is 6.61 Å². The molecule has 0 bridgehead atoms. The molecule has 0 aliphatic rings. The topological polar surface area (TPSA) is 193 Å². The lowest BCUT2D eigenvalue weighted by Gasteiger charge is -2.11. The van der Waals surface area contributed by atoms with Crippen LogP contribution in [0.3, 0.4) is 0 Å². The van der Waals surface area contributed by atoms with Gasteiger partial charge in [-0.05, 0) is 153 Å². The summed E-state index contributed by atoms with van der Waals surface area (Å²) in [5.74, 6) is 4.23. The van der Waals surface area contributed by atoms with Crippen LogP contribution in [-0.4, -0.2) is 64.1 Å². The molecule has 11 heterocycles. The molecule has 15 heteroatoms. The highest BCUT2D eigenvalue weighted by molar-refractivity contribution is 6.12. The smallest absolute Gasteiger partial charge is 0.143 e. The highest BCUT2D eigenvalue weighted by Gasteiger charge is 2.20. The molecular weight excluding hydrogens is 1610 g/mol. The second-order valence-electron chi connectivity index (χ2n) is 31.4. The summed E-state index contributed by atoms with van der Waals surface area (Å²) in [4.78, 5) is 39.4. The van der Waals surface area contributed by atoms with Gasteiger partial charge in [0.25, 0.3) is 0 Å². The summed E-state index contributed by atoms with van der Waals surface area (Å²) < 4.78 is 28.7. The Balaban J connectivity index is 0.000000103. The lowest BCUT2D eigenvalue weighted by molar-refractivity contribution is 0.307. The summed E-state index contributed by atoms with van der Waals surface area (Å²) in [6.45, 7) is 0.513. The Labute approximate surface area is 756 Å². The predicted molar refractivity (Wildman–Crippen MR) is 533 cm³/mol. The fraction of sp³-hybridized carbons (Fsp3) is 0.0259. The summed E-state index contributed by atoms with van der Waals surface area (Å²) >= 11 is 0. The first-order chi connectivity index (χ1) is 64.8. The van der Waals surface area contributed by atoms with E-state index in [0.29, 0.717) is 6.61 Å². The van der Waals surface area contributed by atoms with E-state index in [0.717, 1.165) is 212 Å². The molecular formula is C116H86N10O5. The molecule has 0 radical (unpaired) electrons. The van der Waals surface area contributed by atoms with Crippen LogP contribution >= 0.6 is 0 Å². The largest absolute Gasteiger partial charge is 0.497 e. The van der Waals surface area contributed by atoms with Crippen molar-refractivity contribution in [2.24, 2.45) is 0 Å². The van der Waals surface area contributed by atoms with Crippen LogP contribution in [0.1, 0.15) is 5.56 Å². The molecule has 13 aromatic carbocycles. The summed E-state index contributed by atoms with van der Waals surface area (Å²) in [5.41, 5.74) is 30.0. The Bertz CT molecular complexity index is 8000. The van der Waals surface area contributed by atoms with Crippen molar-refractivity contribution in [2.75, 3.05) is 14.2 Å². The molecule has 0 aliphatic heterocycles. The van der Waals surface area contributed by atoms with E-state index < -0.39 is 0 Å². The zero-order chi connectivity index (χ0) is 88.0. The van der Waals surface area contributed by atoms with Crippen LogP contribution in [0.15, 0.2) is 449 Å². The van der Waals surface area contributed by atoms with Crippen LogP contribution < -0.4 is 18.9 Å². The highest BCUT2D eigenvalue weighted by Crippen LogP contribution is 2.42. The third kappa shape index (κ3) is 18.0. The van der Waals surface area contributed by atoms with Crippen molar-refractivity contribution >= 4 is 77.1 Å². The minimum Gasteiger partial charge on any atom is -0.497 e. The minimum absolute atomic E-state index is 0.513. The number of ether oxygens (including phenoxy) is 4. The molecule has 0 atom stereocenters. The number of aromatic nitrogens is 10. The number of hydrogen-bond donors (Lipinski definition) is 5. The van der Waals surface area contributed by atoms with Crippen LogP contribution in [-0.2, 0) is 6.61 Å². The van der Waals surface area contributed by atoms with Crippen LogP contribution in [0.4, 0.5) is 0 Å². The molecule has 24 rings (SSSR count). The number of pyridine rings is 5. The Morgan fingerprint density at radius 1 is 0.221 bits per heavy atom. The van der Waals surface area contributed by atoms with Crippen molar-refractivity contribution in [3.8, 4) is 140 Å². The fourth-order valence-corrected chi connectivity index (χ4v) is 16.6. The van der Waals surface area contributed by atoms with Gasteiger partial charge in [-0.15, -0.1) is 0 Å². The number of benzene rings is 13. The van der Waals surface area contributed by atoms with Gasteiger partial charge in [0.2, 0.25) is 0 Å². The van der Waals surface area contributed by atoms with E-state index in [2.05, 4.69) is 220 Å². The van der Waals surface area contributed by atoms with Crippen LogP contribution in [0.2, 0.25) is 0 Å². The Morgan fingerprint density at radius 2 is 0.534 bits per heavy atom. The first-order valence-electron chi connectivity index (χ1n) is 43.3. The second-order valence-corrected chi connectivity index (χ2v) is 31.4. The first-order valence-corrected chi connectivity index (χ1v) is 43.3. The van der Waals surface area contributed by atoms with E-state index in [4.69, 9.17) is 23.4 Å². The average Bonchev–Trinajstić information content (AvgIpc) is 1.60. The normalized spacial score (nSPS) is 11.0. The van der Waals surface area contributed by atoms with E-state index in [1.807, 2.05) is 274 Å². The second kappa shape index (κ2) is 38.0. The highest BCUT2D eigenvalue weighted by atomic mass is 16.5. The van der Waals surface area contributed by atoms with Gasteiger partial charge in [-0.1, -0.05) is 285 Å². The first kappa shape index (κ1) is 81.6. The van der Waals surface area contributed by atoms with Crippen LogP contribution in [0.5, 0.6) is 28.7 Å². The SMILES string of the molecule is COc1ccc(-c2c[nH]c3ncc(-c4ccccc4)cc23)cc1.COc1cccc(-c2c[nH]c3ncc(-c4ccccc4)cc23)c1.c1ccc(-c2cnc3[nH]cc(-c4cccc5c4oc4ccccc45)c3c2)cc1.c1ccc(OCc2ccccc2-c2c[nH]c3ncc(-c4ccccc4)cc23)cc1.c1ccc(Oc2ccc(-c3c[nH]c4ncc(-c5ccccc5)cc34)cc2)cc1. The maximum Gasteiger partial charge on any atom is 0.143 e. The lowest BCUT2D eigenvalue weighted by atomic mass is 9.98. The minimum atomic E-state index is 0.513. The quantitative estimate of drug-likeness (QED) is 0.0586. The van der Waals surface area contributed by atoms with Crippen LogP contribution in [0, 0.1) is 0 Å². The molecule has 0 saturated carbocycles. The van der Waals surface area contributed by atoms with Gasteiger partial charge in [0.05, 0.1) is 14.2 Å². The predicted octanol–water partition coefficient (Wildman–Crippen LogP) is 29.8. The van der Waals surface area contributed by atoms with Crippen LogP contribution in [0.25, 0.3) is 188 Å². The van der Waals surface area contributed by atoms with Gasteiger partial charge < -0.3 is 48.3 Å². The number of nitrogens with one attached hydrogen (secondary N) is 5. The summed E-state index contributed by atoms with van der Waals surface area (Å²) in [5, 5.41) is 7.82. The standard InChI is InChI=1S/C26H20N2O.C25H16N2O.C25H18N2O.2C20H16N2O/c1-3-9-19(10-4-1)21-15-24-25(17-28-26(24)27-16-21)23-14-8-7-11-20(23)18-29-22-12-5-2-6-13-22;1-2-7-16(8-3-1)17-13-21-22(15-27-25(21)26-14-17)20-11-6-10-19-18-9-4-5-12-23(18)28-24(19)20;1-3-7-18(8-4-1)20-15-23-24(17-27-25(23)26-16-20)19-11-13-22(14-12-19)28-21-9-5-2-6-10-21;1-23-17-9-5-8-15(10-17)19-13-22-20-18(19)11-16(12-21-20)14-6-3-2-4-7-14;1-23-17-9-7-15(8-10-17)19-13-22-20-18(19)11-16(12-21-20)14-5-3-2-4-6-14/h1-17H,18H2,(H,27,28);1-15H,(H,26,27);1-17H,(H,26,27);2*2-13H,1H3,(H,21,22). The molecule has 131 heavy (non-hydrogen) atoms. The van der Waals surface area contributed by atoms with E-state index in [9.17, 15) is 0 Å². The third-order valence-electron chi connectivity index (χ3n) is 23.3. The maximum atomic E-state index is 6.24. The summed E-state index contributed by atoms with van der Waals surface area (Å²) in [7, 11) is 3.36.